The number of carbonyl (C=O) groups is 1. The van der Waals surface area contributed by atoms with E-state index in [1.165, 1.54) is 11.3 Å². The Morgan fingerprint density at radius 2 is 1.95 bits per heavy atom. The summed E-state index contributed by atoms with van der Waals surface area (Å²) in [5.41, 5.74) is 0.0739. The van der Waals surface area contributed by atoms with Crippen LogP contribution in [0.5, 0.6) is 0 Å². The van der Waals surface area contributed by atoms with Crippen LogP contribution in [0.25, 0.3) is 10.6 Å². The van der Waals surface area contributed by atoms with Crippen LogP contribution in [-0.4, -0.2) is 16.1 Å². The standard InChI is InChI=1S/C15H14N4OS/c16-10-15(8-4-5-9-15)13(20)17-14-19-18-12(21-14)11-6-2-1-3-7-11/h1-3,6-7H,4-5,8-9H2,(H,17,19,20). The van der Waals surface area contributed by atoms with Crippen LogP contribution in [0.3, 0.4) is 0 Å². The molecule has 0 radical (unpaired) electrons. The molecular formula is C15H14N4OS. The van der Waals surface area contributed by atoms with Crippen molar-refractivity contribution in [2.75, 3.05) is 5.32 Å². The summed E-state index contributed by atoms with van der Waals surface area (Å²) in [6.45, 7) is 0. The van der Waals surface area contributed by atoms with Crippen molar-refractivity contribution in [3.63, 3.8) is 0 Å². The van der Waals surface area contributed by atoms with Crippen LogP contribution >= 0.6 is 11.3 Å². The second-order valence-electron chi connectivity index (χ2n) is 5.13. The topological polar surface area (TPSA) is 78.7 Å². The predicted octanol–water partition coefficient (Wildman–Crippen LogP) is 3.23. The van der Waals surface area contributed by atoms with Crippen LogP contribution < -0.4 is 5.32 Å². The van der Waals surface area contributed by atoms with Crippen molar-refractivity contribution in [1.29, 1.82) is 5.26 Å². The van der Waals surface area contributed by atoms with Crippen LogP contribution in [0.2, 0.25) is 0 Å². The van der Waals surface area contributed by atoms with E-state index in [1.54, 1.807) is 0 Å². The Morgan fingerprint density at radius 1 is 1.24 bits per heavy atom. The molecule has 1 fully saturated rings. The Labute approximate surface area is 126 Å². The summed E-state index contributed by atoms with van der Waals surface area (Å²) in [6, 6.07) is 11.9. The smallest absolute Gasteiger partial charge is 0.246 e. The molecule has 1 saturated carbocycles. The molecule has 21 heavy (non-hydrogen) atoms. The van der Waals surface area contributed by atoms with Crippen LogP contribution in [0.1, 0.15) is 25.7 Å². The van der Waals surface area contributed by atoms with E-state index in [9.17, 15) is 10.1 Å². The summed E-state index contributed by atoms with van der Waals surface area (Å²) in [5, 5.41) is 21.3. The number of hydrogen-bond acceptors (Lipinski definition) is 5. The van der Waals surface area contributed by atoms with Gasteiger partial charge in [0, 0.05) is 5.56 Å². The number of nitrogens with one attached hydrogen (secondary N) is 1. The molecule has 0 spiro atoms. The second-order valence-corrected chi connectivity index (χ2v) is 6.11. The maximum absolute atomic E-state index is 12.3. The number of nitriles is 1. The Morgan fingerprint density at radius 3 is 2.62 bits per heavy atom. The lowest BCUT2D eigenvalue weighted by Crippen LogP contribution is -2.32. The first-order valence-corrected chi connectivity index (χ1v) is 7.67. The largest absolute Gasteiger partial charge is 0.299 e. The molecule has 2 aromatic rings. The number of rotatable bonds is 3. The molecule has 0 unspecified atom stereocenters. The van der Waals surface area contributed by atoms with Gasteiger partial charge in [-0.25, -0.2) is 0 Å². The highest BCUT2D eigenvalue weighted by Crippen LogP contribution is 2.38. The quantitative estimate of drug-likeness (QED) is 0.943. The first kappa shape index (κ1) is 13.7. The average molecular weight is 298 g/mol. The summed E-state index contributed by atoms with van der Waals surface area (Å²) < 4.78 is 0. The van der Waals surface area contributed by atoms with Gasteiger partial charge in [0.05, 0.1) is 6.07 Å². The molecule has 0 aliphatic heterocycles. The highest BCUT2D eigenvalue weighted by molar-refractivity contribution is 7.18. The SMILES string of the molecule is N#CC1(C(=O)Nc2nnc(-c3ccccc3)s2)CCCC1. The van der Waals surface area contributed by atoms with Gasteiger partial charge in [0.15, 0.2) is 0 Å². The van der Waals surface area contributed by atoms with Crippen molar-refractivity contribution in [2.45, 2.75) is 25.7 Å². The lowest BCUT2D eigenvalue weighted by atomic mass is 9.87. The van der Waals surface area contributed by atoms with Gasteiger partial charge < -0.3 is 0 Å². The molecule has 3 rings (SSSR count). The van der Waals surface area contributed by atoms with Gasteiger partial charge in [-0.2, -0.15) is 5.26 Å². The fourth-order valence-electron chi connectivity index (χ4n) is 2.56. The van der Waals surface area contributed by atoms with Crippen molar-refractivity contribution in [2.24, 2.45) is 5.41 Å². The second kappa shape index (κ2) is 5.62. The fraction of sp³-hybridized carbons (Fsp3) is 0.333. The first-order chi connectivity index (χ1) is 10.2. The van der Waals surface area contributed by atoms with Crippen LogP contribution in [0.15, 0.2) is 30.3 Å². The van der Waals surface area contributed by atoms with Gasteiger partial charge in [-0.1, -0.05) is 54.5 Å². The molecule has 0 bridgehead atoms. The molecule has 106 valence electrons. The van der Waals surface area contributed by atoms with Crippen molar-refractivity contribution in [3.05, 3.63) is 30.3 Å². The van der Waals surface area contributed by atoms with Gasteiger partial charge in [0.2, 0.25) is 11.0 Å². The van der Waals surface area contributed by atoms with Crippen LogP contribution in [0.4, 0.5) is 5.13 Å². The van der Waals surface area contributed by atoms with Gasteiger partial charge in [-0.3, -0.25) is 10.1 Å². The van der Waals surface area contributed by atoms with Gasteiger partial charge in [0.25, 0.3) is 0 Å². The number of benzene rings is 1. The highest BCUT2D eigenvalue weighted by Gasteiger charge is 2.41. The zero-order valence-electron chi connectivity index (χ0n) is 11.4. The van der Waals surface area contributed by atoms with Gasteiger partial charge in [0.1, 0.15) is 10.4 Å². The molecule has 1 aromatic carbocycles. The number of aromatic nitrogens is 2. The summed E-state index contributed by atoms with van der Waals surface area (Å²) >= 11 is 1.32. The minimum absolute atomic E-state index is 0.252. The van der Waals surface area contributed by atoms with Crippen molar-refractivity contribution in [1.82, 2.24) is 10.2 Å². The van der Waals surface area contributed by atoms with E-state index >= 15 is 0 Å². The summed E-state index contributed by atoms with van der Waals surface area (Å²) in [5.74, 6) is -0.252. The summed E-state index contributed by atoms with van der Waals surface area (Å²) in [7, 11) is 0. The van der Waals surface area contributed by atoms with E-state index in [2.05, 4.69) is 21.6 Å². The molecule has 1 amide bonds. The number of amides is 1. The van der Waals surface area contributed by atoms with E-state index in [-0.39, 0.29) is 5.91 Å². The zero-order chi connectivity index (χ0) is 14.7. The monoisotopic (exact) mass is 298 g/mol. The van der Waals surface area contributed by atoms with E-state index in [0.717, 1.165) is 23.4 Å². The van der Waals surface area contributed by atoms with Gasteiger partial charge >= 0.3 is 0 Å². The van der Waals surface area contributed by atoms with E-state index in [4.69, 9.17) is 0 Å². The molecular weight excluding hydrogens is 284 g/mol. The number of hydrogen-bond donors (Lipinski definition) is 1. The molecule has 1 aliphatic carbocycles. The Hall–Kier alpha value is -2.26. The molecule has 1 N–H and O–H groups in total. The molecule has 0 saturated heterocycles. The Balaban J connectivity index is 1.76. The van der Waals surface area contributed by atoms with Gasteiger partial charge in [-0.05, 0) is 12.8 Å². The van der Waals surface area contributed by atoms with Crippen molar-refractivity contribution < 1.29 is 4.79 Å². The van der Waals surface area contributed by atoms with E-state index < -0.39 is 5.41 Å². The molecule has 1 aromatic heterocycles. The molecule has 1 aliphatic rings. The van der Waals surface area contributed by atoms with Crippen molar-refractivity contribution >= 4 is 22.4 Å². The minimum atomic E-state index is -0.890. The Kier molecular flexibility index (Phi) is 3.67. The first-order valence-electron chi connectivity index (χ1n) is 6.85. The third-order valence-electron chi connectivity index (χ3n) is 3.77. The summed E-state index contributed by atoms with van der Waals surface area (Å²) in [4.78, 5) is 12.3. The number of carbonyl (C=O) groups excluding carboxylic acids is 1. The van der Waals surface area contributed by atoms with Crippen molar-refractivity contribution in [3.8, 4) is 16.6 Å². The average Bonchev–Trinajstić information content (AvgIpc) is 3.18. The molecule has 5 nitrogen and oxygen atoms in total. The maximum atomic E-state index is 12.3. The normalized spacial score (nSPS) is 16.3. The fourth-order valence-corrected chi connectivity index (χ4v) is 3.30. The van der Waals surface area contributed by atoms with Gasteiger partial charge in [-0.15, -0.1) is 10.2 Å². The predicted molar refractivity (Wildman–Crippen MR) is 80.5 cm³/mol. The minimum Gasteiger partial charge on any atom is -0.299 e. The lowest BCUT2D eigenvalue weighted by Gasteiger charge is -2.17. The summed E-state index contributed by atoms with van der Waals surface area (Å²) in [6.07, 6.45) is 3.10. The third kappa shape index (κ3) is 2.65. The lowest BCUT2D eigenvalue weighted by molar-refractivity contribution is -0.122. The van der Waals surface area contributed by atoms with Crippen LogP contribution in [-0.2, 0) is 4.79 Å². The molecule has 6 heteroatoms. The number of anilines is 1. The van der Waals surface area contributed by atoms with E-state index in [1.807, 2.05) is 30.3 Å². The molecule has 1 heterocycles. The molecule has 0 atom stereocenters. The van der Waals surface area contributed by atoms with E-state index in [0.29, 0.717) is 18.0 Å². The third-order valence-corrected chi connectivity index (χ3v) is 4.66. The highest BCUT2D eigenvalue weighted by atomic mass is 32.1. The zero-order valence-corrected chi connectivity index (χ0v) is 12.2. The van der Waals surface area contributed by atoms with Crippen LogP contribution in [0, 0.1) is 16.7 Å². The number of nitrogens with zero attached hydrogens (tertiary/aromatic N) is 3. The maximum Gasteiger partial charge on any atom is 0.246 e. The Bertz CT molecular complexity index is 683.